The van der Waals surface area contributed by atoms with Crippen LogP contribution in [0.1, 0.15) is 13.8 Å². The smallest absolute Gasteiger partial charge is 0.497 e. The first kappa shape index (κ1) is 16.0. The fourth-order valence-electron chi connectivity index (χ4n) is 1.49. The van der Waals surface area contributed by atoms with Crippen LogP contribution < -0.4 is 9.47 Å². The molecular formula is C15H20O5. The summed E-state index contributed by atoms with van der Waals surface area (Å²) in [6.07, 6.45) is 0.715. The van der Waals surface area contributed by atoms with Crippen LogP contribution in [0.5, 0.6) is 11.5 Å². The number of carbonyl (C=O) groups excluding carboxylic acids is 1. The van der Waals surface area contributed by atoms with E-state index in [1.54, 1.807) is 51.3 Å². The molecule has 0 radical (unpaired) electrons. The summed E-state index contributed by atoms with van der Waals surface area (Å²) in [6, 6.07) is 6.54. The van der Waals surface area contributed by atoms with Gasteiger partial charge in [0.05, 0.1) is 12.7 Å². The zero-order valence-electron chi connectivity index (χ0n) is 12.0. The van der Waals surface area contributed by atoms with Crippen molar-refractivity contribution in [2.45, 2.75) is 19.4 Å². The Hall–Kier alpha value is -2.01. The lowest BCUT2D eigenvalue weighted by molar-refractivity contribution is 0.000673. The second-order valence-electron chi connectivity index (χ2n) is 4.83. The third kappa shape index (κ3) is 4.93. The van der Waals surface area contributed by atoms with Crippen molar-refractivity contribution >= 4 is 6.16 Å². The van der Waals surface area contributed by atoms with Crippen LogP contribution in [0.2, 0.25) is 0 Å². The van der Waals surface area contributed by atoms with Gasteiger partial charge < -0.3 is 19.3 Å². The van der Waals surface area contributed by atoms with Gasteiger partial charge in [-0.2, -0.15) is 0 Å². The molecule has 0 saturated carbocycles. The molecule has 0 bridgehead atoms. The lowest BCUT2D eigenvalue weighted by atomic mass is 9.92. The number of ether oxygens (including phenoxy) is 3. The summed E-state index contributed by atoms with van der Waals surface area (Å²) in [4.78, 5) is 11.5. The minimum absolute atomic E-state index is 0.00197. The third-order valence-electron chi connectivity index (χ3n) is 2.83. The molecule has 0 aliphatic rings. The number of carbonyl (C=O) groups is 1. The Morgan fingerprint density at radius 3 is 2.35 bits per heavy atom. The summed E-state index contributed by atoms with van der Waals surface area (Å²) in [6.45, 7) is 6.85. The number of methoxy groups -OCH3 is 1. The molecule has 0 fully saturated rings. The van der Waals surface area contributed by atoms with Crippen molar-refractivity contribution in [2.24, 2.45) is 5.92 Å². The average Bonchev–Trinajstić information content (AvgIpc) is 2.38. The quantitative estimate of drug-likeness (QED) is 0.493. The molecule has 0 saturated heterocycles. The van der Waals surface area contributed by atoms with E-state index in [1.165, 1.54) is 0 Å². The van der Waals surface area contributed by atoms with Crippen molar-refractivity contribution < 1.29 is 24.1 Å². The van der Waals surface area contributed by atoms with E-state index in [2.05, 4.69) is 6.58 Å². The number of hydrogen-bond acceptors (Lipinski definition) is 5. The molecular weight excluding hydrogens is 260 g/mol. The largest absolute Gasteiger partial charge is 0.513 e. The second kappa shape index (κ2) is 6.96. The molecule has 5 heteroatoms. The van der Waals surface area contributed by atoms with Crippen LogP contribution in [0.15, 0.2) is 36.9 Å². The standard InChI is InChI=1S/C15H20O5/c1-5-11(15(2,3)17)10-19-14(16)20-13-8-6-12(18-4)7-9-13/h5-9,11,17H,1,10H2,2-4H3/t11-/m1/s1. The third-order valence-corrected chi connectivity index (χ3v) is 2.83. The van der Waals surface area contributed by atoms with Gasteiger partial charge in [-0.05, 0) is 38.1 Å². The van der Waals surface area contributed by atoms with E-state index in [4.69, 9.17) is 14.2 Å². The molecule has 0 aliphatic carbocycles. The Labute approximate surface area is 118 Å². The van der Waals surface area contributed by atoms with E-state index in [0.29, 0.717) is 11.5 Å². The summed E-state index contributed by atoms with van der Waals surface area (Å²) < 4.78 is 14.9. The maximum atomic E-state index is 11.5. The van der Waals surface area contributed by atoms with Gasteiger partial charge in [0.25, 0.3) is 0 Å². The lowest BCUT2D eigenvalue weighted by Gasteiger charge is -2.25. The molecule has 0 spiro atoms. The fraction of sp³-hybridized carbons (Fsp3) is 0.400. The first-order chi connectivity index (χ1) is 9.36. The fourth-order valence-corrected chi connectivity index (χ4v) is 1.49. The normalized spacial score (nSPS) is 12.4. The summed E-state index contributed by atoms with van der Waals surface area (Å²) in [5.41, 5.74) is -1.01. The topological polar surface area (TPSA) is 65.0 Å². The average molecular weight is 280 g/mol. The highest BCUT2D eigenvalue weighted by Crippen LogP contribution is 2.19. The first-order valence-corrected chi connectivity index (χ1v) is 6.20. The van der Waals surface area contributed by atoms with Crippen molar-refractivity contribution in [1.29, 1.82) is 0 Å². The Bertz CT molecular complexity index is 444. The number of aliphatic hydroxyl groups is 1. The molecule has 0 amide bonds. The molecule has 1 atom stereocenters. The predicted octanol–water partition coefficient (Wildman–Crippen LogP) is 2.78. The van der Waals surface area contributed by atoms with Gasteiger partial charge in [-0.3, -0.25) is 0 Å². The van der Waals surface area contributed by atoms with Gasteiger partial charge in [-0.15, -0.1) is 6.58 Å². The monoisotopic (exact) mass is 280 g/mol. The lowest BCUT2D eigenvalue weighted by Crippen LogP contribution is -2.33. The van der Waals surface area contributed by atoms with E-state index < -0.39 is 11.8 Å². The Morgan fingerprint density at radius 1 is 1.35 bits per heavy atom. The molecule has 1 rings (SSSR count). The van der Waals surface area contributed by atoms with Gasteiger partial charge in [0, 0.05) is 5.92 Å². The van der Waals surface area contributed by atoms with Crippen molar-refractivity contribution in [1.82, 2.24) is 0 Å². The van der Waals surface area contributed by atoms with Crippen LogP contribution in [0.3, 0.4) is 0 Å². The van der Waals surface area contributed by atoms with Crippen molar-refractivity contribution in [3.8, 4) is 11.5 Å². The van der Waals surface area contributed by atoms with Crippen molar-refractivity contribution in [2.75, 3.05) is 13.7 Å². The van der Waals surface area contributed by atoms with Gasteiger partial charge in [0.15, 0.2) is 0 Å². The zero-order chi connectivity index (χ0) is 15.2. The van der Waals surface area contributed by atoms with Crippen LogP contribution in [-0.2, 0) is 4.74 Å². The molecule has 20 heavy (non-hydrogen) atoms. The SMILES string of the molecule is C=C[C@H](COC(=O)Oc1ccc(OC)cc1)C(C)(C)O. The van der Waals surface area contributed by atoms with Crippen LogP contribution >= 0.6 is 0 Å². The second-order valence-corrected chi connectivity index (χ2v) is 4.83. The summed E-state index contributed by atoms with van der Waals surface area (Å²) in [7, 11) is 1.55. The summed E-state index contributed by atoms with van der Waals surface area (Å²) in [5, 5.41) is 9.82. The van der Waals surface area contributed by atoms with Crippen LogP contribution in [0.25, 0.3) is 0 Å². The highest BCUT2D eigenvalue weighted by molar-refractivity contribution is 5.63. The Morgan fingerprint density at radius 2 is 1.90 bits per heavy atom. The Balaban J connectivity index is 2.49. The number of benzene rings is 1. The molecule has 1 N–H and O–H groups in total. The van der Waals surface area contributed by atoms with Crippen molar-refractivity contribution in [3.05, 3.63) is 36.9 Å². The highest BCUT2D eigenvalue weighted by atomic mass is 16.7. The van der Waals surface area contributed by atoms with E-state index in [-0.39, 0.29) is 12.5 Å². The van der Waals surface area contributed by atoms with E-state index in [0.717, 1.165) is 0 Å². The molecule has 0 aliphatic heterocycles. The van der Waals surface area contributed by atoms with Crippen LogP contribution in [-0.4, -0.2) is 30.6 Å². The number of rotatable bonds is 6. The van der Waals surface area contributed by atoms with E-state index >= 15 is 0 Å². The summed E-state index contributed by atoms with van der Waals surface area (Å²) in [5.74, 6) is 0.652. The molecule has 1 aromatic carbocycles. The molecule has 0 heterocycles. The minimum atomic E-state index is -1.01. The van der Waals surface area contributed by atoms with E-state index in [9.17, 15) is 9.90 Å². The maximum absolute atomic E-state index is 11.5. The highest BCUT2D eigenvalue weighted by Gasteiger charge is 2.25. The zero-order valence-corrected chi connectivity index (χ0v) is 12.0. The predicted molar refractivity (Wildman–Crippen MR) is 75.0 cm³/mol. The van der Waals surface area contributed by atoms with Crippen LogP contribution in [0.4, 0.5) is 4.79 Å². The van der Waals surface area contributed by atoms with Crippen molar-refractivity contribution in [3.63, 3.8) is 0 Å². The number of hydrogen-bond donors (Lipinski definition) is 1. The molecule has 0 unspecified atom stereocenters. The Kier molecular flexibility index (Phi) is 5.58. The van der Waals surface area contributed by atoms with Gasteiger partial charge in [0.2, 0.25) is 0 Å². The van der Waals surface area contributed by atoms with Gasteiger partial charge >= 0.3 is 6.16 Å². The summed E-state index contributed by atoms with van der Waals surface area (Å²) >= 11 is 0. The maximum Gasteiger partial charge on any atom is 0.513 e. The van der Waals surface area contributed by atoms with E-state index in [1.807, 2.05) is 0 Å². The van der Waals surface area contributed by atoms with Gasteiger partial charge in [-0.25, -0.2) is 4.79 Å². The first-order valence-electron chi connectivity index (χ1n) is 6.20. The molecule has 110 valence electrons. The molecule has 5 nitrogen and oxygen atoms in total. The minimum Gasteiger partial charge on any atom is -0.497 e. The molecule has 1 aromatic rings. The van der Waals surface area contributed by atoms with Gasteiger partial charge in [-0.1, -0.05) is 6.08 Å². The molecule has 0 aromatic heterocycles. The van der Waals surface area contributed by atoms with Crippen LogP contribution in [0, 0.1) is 5.92 Å². The van der Waals surface area contributed by atoms with Gasteiger partial charge in [0.1, 0.15) is 18.1 Å².